The molecule has 0 aromatic heterocycles. The van der Waals surface area contributed by atoms with Gasteiger partial charge in [0.25, 0.3) is 0 Å². The number of rotatable bonds is 5. The van der Waals surface area contributed by atoms with Crippen LogP contribution in [0.15, 0.2) is 0 Å². The highest BCUT2D eigenvalue weighted by atomic mass is 32.2. The van der Waals surface area contributed by atoms with Gasteiger partial charge in [-0.1, -0.05) is 26.7 Å². The van der Waals surface area contributed by atoms with Crippen LogP contribution in [0.25, 0.3) is 0 Å². The van der Waals surface area contributed by atoms with Gasteiger partial charge < -0.3 is 10.1 Å². The van der Waals surface area contributed by atoms with Gasteiger partial charge in [-0.2, -0.15) is 11.8 Å². The molecule has 2 rings (SSSR count). The fraction of sp³-hybridized carbons (Fsp3) is 1.00. The van der Waals surface area contributed by atoms with Crippen molar-refractivity contribution in [2.45, 2.75) is 58.1 Å². The number of hydrogen-bond donors (Lipinski definition) is 1. The van der Waals surface area contributed by atoms with Crippen LogP contribution in [0.3, 0.4) is 0 Å². The molecule has 1 heterocycles. The van der Waals surface area contributed by atoms with E-state index in [4.69, 9.17) is 4.74 Å². The van der Waals surface area contributed by atoms with E-state index in [1.165, 1.54) is 43.6 Å². The Bertz CT molecular complexity index is 223. The SMILES string of the molecule is CCCNC(C1CCC(C)CC1)C1CSCCO1. The van der Waals surface area contributed by atoms with Gasteiger partial charge in [0.15, 0.2) is 0 Å². The average Bonchev–Trinajstić information content (AvgIpc) is 2.42. The van der Waals surface area contributed by atoms with Crippen LogP contribution in [0, 0.1) is 11.8 Å². The van der Waals surface area contributed by atoms with Gasteiger partial charge in [0.05, 0.1) is 12.7 Å². The van der Waals surface area contributed by atoms with Crippen molar-refractivity contribution in [3.8, 4) is 0 Å². The fourth-order valence-corrected chi connectivity index (χ4v) is 4.19. The summed E-state index contributed by atoms with van der Waals surface area (Å²) < 4.78 is 6.03. The second-order valence-electron chi connectivity index (χ2n) is 5.98. The molecule has 2 nitrogen and oxygen atoms in total. The minimum atomic E-state index is 0.453. The molecule has 18 heavy (non-hydrogen) atoms. The van der Waals surface area contributed by atoms with Crippen LogP contribution in [0.5, 0.6) is 0 Å². The van der Waals surface area contributed by atoms with Gasteiger partial charge in [-0.15, -0.1) is 0 Å². The van der Waals surface area contributed by atoms with Crippen molar-refractivity contribution >= 4 is 11.8 Å². The lowest BCUT2D eigenvalue weighted by Crippen LogP contribution is -2.50. The maximum Gasteiger partial charge on any atom is 0.0821 e. The Hall–Kier alpha value is 0.270. The first kappa shape index (κ1) is 14.7. The van der Waals surface area contributed by atoms with Crippen LogP contribution in [0.2, 0.25) is 0 Å². The van der Waals surface area contributed by atoms with Crippen molar-refractivity contribution in [3.05, 3.63) is 0 Å². The zero-order chi connectivity index (χ0) is 12.8. The summed E-state index contributed by atoms with van der Waals surface area (Å²) in [6, 6.07) is 0.602. The Morgan fingerprint density at radius 2 is 2.06 bits per heavy atom. The molecule has 0 amide bonds. The Morgan fingerprint density at radius 3 is 2.67 bits per heavy atom. The first-order valence-corrected chi connectivity index (χ1v) is 8.89. The molecule has 2 fully saturated rings. The van der Waals surface area contributed by atoms with Crippen LogP contribution in [-0.4, -0.2) is 36.8 Å². The summed E-state index contributed by atoms with van der Waals surface area (Å²) in [7, 11) is 0. The molecule has 3 heteroatoms. The van der Waals surface area contributed by atoms with Crippen molar-refractivity contribution in [1.29, 1.82) is 0 Å². The molecule has 1 saturated carbocycles. The molecule has 1 aliphatic carbocycles. The van der Waals surface area contributed by atoms with Gasteiger partial charge in [0, 0.05) is 17.5 Å². The minimum absolute atomic E-state index is 0.453. The molecule has 1 aliphatic heterocycles. The van der Waals surface area contributed by atoms with Crippen molar-refractivity contribution < 1.29 is 4.74 Å². The molecule has 1 N–H and O–H groups in total. The molecule has 0 aromatic rings. The highest BCUT2D eigenvalue weighted by Gasteiger charge is 2.33. The highest BCUT2D eigenvalue weighted by molar-refractivity contribution is 7.99. The second kappa shape index (κ2) is 7.76. The van der Waals surface area contributed by atoms with Crippen LogP contribution in [0.1, 0.15) is 46.0 Å². The standard InChI is InChI=1S/C15H29NOS/c1-3-8-16-15(14-11-18-10-9-17-14)13-6-4-12(2)5-7-13/h12-16H,3-11H2,1-2H3. The van der Waals surface area contributed by atoms with Gasteiger partial charge in [-0.25, -0.2) is 0 Å². The van der Waals surface area contributed by atoms with Crippen LogP contribution >= 0.6 is 11.8 Å². The number of hydrogen-bond acceptors (Lipinski definition) is 3. The molecule has 0 spiro atoms. The second-order valence-corrected chi connectivity index (χ2v) is 7.13. The zero-order valence-electron chi connectivity index (χ0n) is 12.0. The molecule has 1 saturated heterocycles. The largest absolute Gasteiger partial charge is 0.375 e. The summed E-state index contributed by atoms with van der Waals surface area (Å²) in [6.45, 7) is 6.74. The van der Waals surface area contributed by atoms with E-state index >= 15 is 0 Å². The molecule has 2 unspecified atom stereocenters. The molecular weight excluding hydrogens is 242 g/mol. The monoisotopic (exact) mass is 271 g/mol. The third-order valence-electron chi connectivity index (χ3n) is 4.44. The van der Waals surface area contributed by atoms with Crippen molar-refractivity contribution in [2.75, 3.05) is 24.7 Å². The molecular formula is C15H29NOS. The maximum atomic E-state index is 6.03. The average molecular weight is 271 g/mol. The van der Waals surface area contributed by atoms with E-state index in [2.05, 4.69) is 30.9 Å². The fourth-order valence-electron chi connectivity index (χ4n) is 3.27. The third-order valence-corrected chi connectivity index (χ3v) is 5.46. The van der Waals surface area contributed by atoms with Gasteiger partial charge in [0.1, 0.15) is 0 Å². The summed E-state index contributed by atoms with van der Waals surface area (Å²) >= 11 is 2.06. The van der Waals surface area contributed by atoms with Gasteiger partial charge >= 0.3 is 0 Å². The van der Waals surface area contributed by atoms with E-state index in [0.717, 1.165) is 25.0 Å². The normalized spacial score (nSPS) is 35.3. The van der Waals surface area contributed by atoms with E-state index in [-0.39, 0.29) is 0 Å². The Labute approximate surface area is 117 Å². The first-order valence-electron chi connectivity index (χ1n) is 7.74. The summed E-state index contributed by atoms with van der Waals surface area (Å²) in [5.41, 5.74) is 0. The lowest BCUT2D eigenvalue weighted by molar-refractivity contribution is 0.0210. The topological polar surface area (TPSA) is 21.3 Å². The zero-order valence-corrected chi connectivity index (χ0v) is 12.8. The van der Waals surface area contributed by atoms with E-state index in [9.17, 15) is 0 Å². The molecule has 106 valence electrons. The van der Waals surface area contributed by atoms with E-state index < -0.39 is 0 Å². The predicted molar refractivity (Wildman–Crippen MR) is 80.3 cm³/mol. The first-order chi connectivity index (χ1) is 8.81. The Kier molecular flexibility index (Phi) is 6.33. The van der Waals surface area contributed by atoms with Crippen molar-refractivity contribution in [1.82, 2.24) is 5.32 Å². The summed E-state index contributed by atoms with van der Waals surface area (Å²) in [5.74, 6) is 4.15. The van der Waals surface area contributed by atoms with E-state index in [1.807, 2.05) is 0 Å². The van der Waals surface area contributed by atoms with E-state index in [0.29, 0.717) is 12.1 Å². The lowest BCUT2D eigenvalue weighted by atomic mass is 9.78. The van der Waals surface area contributed by atoms with Crippen molar-refractivity contribution in [3.63, 3.8) is 0 Å². The van der Waals surface area contributed by atoms with E-state index in [1.54, 1.807) is 0 Å². The third kappa shape index (κ3) is 4.14. The summed E-state index contributed by atoms with van der Waals surface area (Å²) in [5, 5.41) is 3.79. The molecule has 0 aromatic carbocycles. The summed E-state index contributed by atoms with van der Waals surface area (Å²) in [6.07, 6.45) is 7.29. The molecule has 2 atom stereocenters. The number of nitrogens with one attached hydrogen (secondary N) is 1. The smallest absolute Gasteiger partial charge is 0.0821 e. The Morgan fingerprint density at radius 1 is 1.28 bits per heavy atom. The highest BCUT2D eigenvalue weighted by Crippen LogP contribution is 2.33. The Balaban J connectivity index is 1.90. The van der Waals surface area contributed by atoms with Crippen LogP contribution in [-0.2, 0) is 4.74 Å². The quantitative estimate of drug-likeness (QED) is 0.829. The van der Waals surface area contributed by atoms with Crippen LogP contribution in [0.4, 0.5) is 0 Å². The van der Waals surface area contributed by atoms with Crippen LogP contribution < -0.4 is 5.32 Å². The number of thioether (sulfide) groups is 1. The van der Waals surface area contributed by atoms with Gasteiger partial charge in [-0.3, -0.25) is 0 Å². The van der Waals surface area contributed by atoms with Gasteiger partial charge in [-0.05, 0) is 37.6 Å². The lowest BCUT2D eigenvalue weighted by Gasteiger charge is -2.39. The number of ether oxygens (including phenoxy) is 1. The summed E-state index contributed by atoms with van der Waals surface area (Å²) in [4.78, 5) is 0. The predicted octanol–water partition coefficient (Wildman–Crippen LogP) is 3.31. The maximum absolute atomic E-state index is 6.03. The van der Waals surface area contributed by atoms with Crippen molar-refractivity contribution in [2.24, 2.45) is 11.8 Å². The minimum Gasteiger partial charge on any atom is -0.375 e. The molecule has 2 aliphatic rings. The van der Waals surface area contributed by atoms with Gasteiger partial charge in [0.2, 0.25) is 0 Å². The molecule has 0 radical (unpaired) electrons. The molecule has 0 bridgehead atoms.